The molecule has 1 atom stereocenters. The van der Waals surface area contributed by atoms with Crippen LogP contribution in [0.2, 0.25) is 0 Å². The molecule has 52 valence electrons. The molecule has 1 aliphatic rings. The van der Waals surface area contributed by atoms with Gasteiger partial charge >= 0.3 is 5.97 Å². The number of ether oxygens (including phenoxy) is 1. The number of hydrogen-bond acceptors (Lipinski definition) is 3. The number of carbonyl (C=O) groups is 1. The zero-order valence-corrected chi connectivity index (χ0v) is 5.18. The van der Waals surface area contributed by atoms with Crippen molar-refractivity contribution in [3.8, 4) is 0 Å². The van der Waals surface area contributed by atoms with Gasteiger partial charge in [-0.05, 0) is 6.92 Å². The van der Waals surface area contributed by atoms with Gasteiger partial charge in [-0.2, -0.15) is 0 Å². The average Bonchev–Trinajstić information content (AvgIpc) is 2.16. The van der Waals surface area contributed by atoms with Crippen molar-refractivity contribution in [2.24, 2.45) is 0 Å². The van der Waals surface area contributed by atoms with E-state index in [1.54, 1.807) is 6.92 Å². The summed E-state index contributed by atoms with van der Waals surface area (Å²) < 4.78 is 4.89. The Morgan fingerprint density at radius 2 is 2.56 bits per heavy atom. The molecule has 1 fully saturated rings. The predicted octanol–water partition coefficient (Wildman–Crippen LogP) is -0.593. The molecule has 0 spiro atoms. The van der Waals surface area contributed by atoms with Crippen LogP contribution < -0.4 is 5.32 Å². The van der Waals surface area contributed by atoms with Crippen LogP contribution in [0.4, 0.5) is 0 Å². The van der Waals surface area contributed by atoms with E-state index in [0.29, 0.717) is 13.3 Å². The quantitative estimate of drug-likeness (QED) is 0.499. The third kappa shape index (κ3) is 1.04. The molecule has 0 aromatic carbocycles. The topological polar surface area (TPSA) is 58.6 Å². The fraction of sp³-hybridized carbons (Fsp3) is 0.800. The van der Waals surface area contributed by atoms with Gasteiger partial charge in [0.15, 0.2) is 5.60 Å². The fourth-order valence-electron chi connectivity index (χ4n) is 0.688. The molecule has 0 aliphatic carbocycles. The smallest absolute Gasteiger partial charge is 0.337 e. The molecular formula is C5H9NO3. The van der Waals surface area contributed by atoms with E-state index in [9.17, 15) is 4.79 Å². The molecule has 0 bridgehead atoms. The standard InChI is InChI=1S/C5H9NO3/c1-5(4(7)8)2-6-3-9-5/h6H,2-3H2,1H3,(H,7,8)/t5-/m1/s1. The zero-order chi connectivity index (χ0) is 6.91. The van der Waals surface area contributed by atoms with Gasteiger partial charge in [0.25, 0.3) is 0 Å². The van der Waals surface area contributed by atoms with E-state index in [1.165, 1.54) is 0 Å². The minimum atomic E-state index is -1.00. The van der Waals surface area contributed by atoms with Crippen molar-refractivity contribution in [3.05, 3.63) is 0 Å². The Kier molecular flexibility index (Phi) is 1.42. The summed E-state index contributed by atoms with van der Waals surface area (Å²) in [6, 6.07) is 0. The Labute approximate surface area is 52.8 Å². The fourth-order valence-corrected chi connectivity index (χ4v) is 0.688. The van der Waals surface area contributed by atoms with E-state index in [2.05, 4.69) is 5.32 Å². The number of nitrogens with one attached hydrogen (secondary N) is 1. The first kappa shape index (κ1) is 6.51. The second-order valence-electron chi connectivity index (χ2n) is 2.25. The molecule has 4 heteroatoms. The van der Waals surface area contributed by atoms with E-state index in [4.69, 9.17) is 9.84 Å². The van der Waals surface area contributed by atoms with Crippen LogP contribution >= 0.6 is 0 Å². The third-order valence-electron chi connectivity index (χ3n) is 1.41. The first-order valence-electron chi connectivity index (χ1n) is 2.73. The second-order valence-corrected chi connectivity index (χ2v) is 2.25. The van der Waals surface area contributed by atoms with Gasteiger partial charge in [0, 0.05) is 6.54 Å². The summed E-state index contributed by atoms with van der Waals surface area (Å²) in [6.45, 7) is 2.28. The molecule has 0 aromatic heterocycles. The van der Waals surface area contributed by atoms with Gasteiger partial charge in [-0.3, -0.25) is 5.32 Å². The lowest BCUT2D eigenvalue weighted by atomic mass is 10.1. The molecule has 1 heterocycles. The molecule has 4 nitrogen and oxygen atoms in total. The van der Waals surface area contributed by atoms with Gasteiger partial charge < -0.3 is 9.84 Å². The number of aliphatic carboxylic acids is 1. The van der Waals surface area contributed by atoms with Crippen LogP contribution in [0.25, 0.3) is 0 Å². The molecule has 0 radical (unpaired) electrons. The monoisotopic (exact) mass is 131 g/mol. The Morgan fingerprint density at radius 1 is 1.89 bits per heavy atom. The van der Waals surface area contributed by atoms with E-state index < -0.39 is 11.6 Å². The highest BCUT2D eigenvalue weighted by Gasteiger charge is 2.37. The van der Waals surface area contributed by atoms with Crippen molar-refractivity contribution >= 4 is 5.97 Å². The molecule has 1 aliphatic heterocycles. The van der Waals surface area contributed by atoms with Crippen molar-refractivity contribution < 1.29 is 14.6 Å². The van der Waals surface area contributed by atoms with Crippen molar-refractivity contribution in [2.75, 3.05) is 13.3 Å². The van der Waals surface area contributed by atoms with Crippen LogP contribution in [-0.4, -0.2) is 30.0 Å². The molecule has 0 amide bonds. The zero-order valence-electron chi connectivity index (χ0n) is 5.18. The molecule has 0 unspecified atom stereocenters. The Balaban J connectivity index is 2.61. The van der Waals surface area contributed by atoms with E-state index in [-0.39, 0.29) is 0 Å². The minimum Gasteiger partial charge on any atom is -0.479 e. The number of carboxylic acids is 1. The van der Waals surface area contributed by atoms with Crippen molar-refractivity contribution in [1.29, 1.82) is 0 Å². The van der Waals surface area contributed by atoms with E-state index in [1.807, 2.05) is 0 Å². The first-order valence-corrected chi connectivity index (χ1v) is 2.73. The number of carboxylic acid groups (broad SMARTS) is 1. The lowest BCUT2D eigenvalue weighted by Crippen LogP contribution is -2.38. The summed E-state index contributed by atoms with van der Waals surface area (Å²) in [7, 11) is 0. The molecule has 0 saturated carbocycles. The second kappa shape index (κ2) is 1.97. The van der Waals surface area contributed by atoms with E-state index in [0.717, 1.165) is 0 Å². The van der Waals surface area contributed by atoms with Gasteiger partial charge in [0.2, 0.25) is 0 Å². The average molecular weight is 131 g/mol. The highest BCUT2D eigenvalue weighted by molar-refractivity contribution is 5.77. The van der Waals surface area contributed by atoms with Gasteiger partial charge in [-0.25, -0.2) is 4.79 Å². The SMILES string of the molecule is C[C@]1(C(=O)O)CNCO1. The highest BCUT2D eigenvalue weighted by Crippen LogP contribution is 2.12. The van der Waals surface area contributed by atoms with Gasteiger partial charge in [0.05, 0.1) is 6.73 Å². The van der Waals surface area contributed by atoms with Crippen LogP contribution in [0.3, 0.4) is 0 Å². The molecule has 9 heavy (non-hydrogen) atoms. The Morgan fingerprint density at radius 3 is 2.78 bits per heavy atom. The van der Waals surface area contributed by atoms with Crippen LogP contribution in [-0.2, 0) is 9.53 Å². The summed E-state index contributed by atoms with van der Waals surface area (Å²) in [5.74, 6) is -0.910. The molecule has 2 N–H and O–H groups in total. The Bertz CT molecular complexity index is 128. The lowest BCUT2D eigenvalue weighted by molar-refractivity contribution is -0.156. The lowest BCUT2D eigenvalue weighted by Gasteiger charge is -2.14. The summed E-state index contributed by atoms with van der Waals surface area (Å²) in [6.07, 6.45) is 0. The number of rotatable bonds is 1. The molecule has 1 saturated heterocycles. The maximum absolute atomic E-state index is 10.4. The van der Waals surface area contributed by atoms with E-state index >= 15 is 0 Å². The van der Waals surface area contributed by atoms with Crippen LogP contribution in [0.1, 0.15) is 6.92 Å². The van der Waals surface area contributed by atoms with Gasteiger partial charge in [0.1, 0.15) is 0 Å². The maximum atomic E-state index is 10.4. The molecule has 1 rings (SSSR count). The van der Waals surface area contributed by atoms with Gasteiger partial charge in [-0.1, -0.05) is 0 Å². The minimum absolute atomic E-state index is 0.336. The Hall–Kier alpha value is -0.610. The normalized spacial score (nSPS) is 34.8. The summed E-state index contributed by atoms with van der Waals surface area (Å²) in [5.41, 5.74) is -1.00. The largest absolute Gasteiger partial charge is 0.479 e. The maximum Gasteiger partial charge on any atom is 0.337 e. The highest BCUT2D eigenvalue weighted by atomic mass is 16.5. The van der Waals surface area contributed by atoms with Crippen LogP contribution in [0.5, 0.6) is 0 Å². The van der Waals surface area contributed by atoms with Crippen molar-refractivity contribution in [2.45, 2.75) is 12.5 Å². The molecular weight excluding hydrogens is 122 g/mol. The van der Waals surface area contributed by atoms with Crippen LogP contribution in [0.15, 0.2) is 0 Å². The van der Waals surface area contributed by atoms with Crippen molar-refractivity contribution in [3.63, 3.8) is 0 Å². The number of hydrogen-bond donors (Lipinski definition) is 2. The first-order chi connectivity index (χ1) is 4.15. The van der Waals surface area contributed by atoms with Crippen LogP contribution in [0, 0.1) is 0 Å². The van der Waals surface area contributed by atoms with Gasteiger partial charge in [-0.15, -0.1) is 0 Å². The summed E-state index contributed by atoms with van der Waals surface area (Å²) in [4.78, 5) is 10.4. The van der Waals surface area contributed by atoms with Crippen molar-refractivity contribution in [1.82, 2.24) is 5.32 Å². The summed E-state index contributed by atoms with van der Waals surface area (Å²) >= 11 is 0. The molecule has 0 aromatic rings. The predicted molar refractivity (Wildman–Crippen MR) is 30.0 cm³/mol. The third-order valence-corrected chi connectivity index (χ3v) is 1.41. The summed E-state index contributed by atoms with van der Waals surface area (Å²) in [5, 5.41) is 11.3.